The van der Waals surface area contributed by atoms with Crippen LogP contribution in [0, 0.1) is 0 Å². The van der Waals surface area contributed by atoms with Crippen molar-refractivity contribution in [3.8, 4) is 0 Å². The molecule has 0 aliphatic heterocycles. The number of nitrogens with two attached hydrogens (primary N) is 1. The van der Waals surface area contributed by atoms with Crippen molar-refractivity contribution >= 4 is 27.8 Å². The molecule has 0 bridgehead atoms. The summed E-state index contributed by atoms with van der Waals surface area (Å²) in [6.45, 7) is 5.16. The second kappa shape index (κ2) is 5.43. The third kappa shape index (κ3) is 3.04. The summed E-state index contributed by atoms with van der Waals surface area (Å²) in [5, 5.41) is 2.77. The zero-order valence-corrected chi connectivity index (χ0v) is 10.9. The van der Waals surface area contributed by atoms with Crippen LogP contribution >= 0.6 is 22.7 Å². The summed E-state index contributed by atoms with van der Waals surface area (Å²) < 4.78 is 0. The van der Waals surface area contributed by atoms with Gasteiger partial charge in [0.15, 0.2) is 5.13 Å². The number of thiazole rings is 1. The van der Waals surface area contributed by atoms with Crippen molar-refractivity contribution in [3.63, 3.8) is 0 Å². The zero-order valence-electron chi connectivity index (χ0n) is 9.22. The fourth-order valence-corrected chi connectivity index (χ4v) is 2.99. The Morgan fingerprint density at radius 3 is 2.75 bits per heavy atom. The van der Waals surface area contributed by atoms with Gasteiger partial charge in [-0.25, -0.2) is 4.98 Å². The molecule has 0 saturated carbocycles. The van der Waals surface area contributed by atoms with Gasteiger partial charge in [0.25, 0.3) is 0 Å². The molecule has 86 valence electrons. The van der Waals surface area contributed by atoms with Crippen LogP contribution in [0.5, 0.6) is 0 Å². The number of nitrogen functional groups attached to an aromatic ring is 1. The molecule has 0 fully saturated rings. The van der Waals surface area contributed by atoms with Crippen LogP contribution in [-0.2, 0) is 13.1 Å². The Balaban J connectivity index is 1.95. The molecule has 0 atom stereocenters. The number of nitrogens with zero attached hydrogens (tertiary/aromatic N) is 2. The van der Waals surface area contributed by atoms with Gasteiger partial charge in [0, 0.05) is 29.0 Å². The average molecular weight is 253 g/mol. The van der Waals surface area contributed by atoms with Crippen molar-refractivity contribution in [1.82, 2.24) is 9.88 Å². The molecule has 2 rings (SSSR count). The summed E-state index contributed by atoms with van der Waals surface area (Å²) in [6, 6.07) is 4.27. The lowest BCUT2D eigenvalue weighted by atomic mass is 10.4. The Hall–Kier alpha value is -0.910. The molecular weight excluding hydrogens is 238 g/mol. The van der Waals surface area contributed by atoms with Gasteiger partial charge >= 0.3 is 0 Å². The molecule has 5 heteroatoms. The number of rotatable bonds is 5. The highest BCUT2D eigenvalue weighted by molar-refractivity contribution is 7.15. The minimum absolute atomic E-state index is 0.655. The fraction of sp³-hybridized carbons (Fsp3) is 0.364. The minimum atomic E-state index is 0.655. The van der Waals surface area contributed by atoms with E-state index < -0.39 is 0 Å². The predicted molar refractivity (Wildman–Crippen MR) is 70.6 cm³/mol. The zero-order chi connectivity index (χ0) is 11.4. The lowest BCUT2D eigenvalue weighted by Crippen LogP contribution is -2.21. The highest BCUT2D eigenvalue weighted by atomic mass is 32.1. The van der Waals surface area contributed by atoms with Gasteiger partial charge in [-0.3, -0.25) is 4.90 Å². The van der Waals surface area contributed by atoms with E-state index in [0.717, 1.165) is 19.6 Å². The highest BCUT2D eigenvalue weighted by Gasteiger charge is 2.07. The van der Waals surface area contributed by atoms with E-state index in [1.54, 1.807) is 22.7 Å². The minimum Gasteiger partial charge on any atom is -0.375 e. The monoisotopic (exact) mass is 253 g/mol. The van der Waals surface area contributed by atoms with Crippen LogP contribution in [-0.4, -0.2) is 16.4 Å². The normalized spacial score (nSPS) is 11.1. The van der Waals surface area contributed by atoms with Crippen LogP contribution in [0.2, 0.25) is 0 Å². The van der Waals surface area contributed by atoms with Crippen molar-refractivity contribution in [2.75, 3.05) is 12.3 Å². The molecule has 2 N–H and O–H groups in total. The first-order chi connectivity index (χ1) is 7.78. The Bertz CT molecular complexity index is 422. The second-order valence-electron chi connectivity index (χ2n) is 3.55. The molecule has 2 aromatic heterocycles. The summed E-state index contributed by atoms with van der Waals surface area (Å²) in [5.41, 5.74) is 5.62. The second-order valence-corrected chi connectivity index (χ2v) is 5.73. The molecule has 0 aliphatic carbocycles. The standard InChI is InChI=1S/C11H15N3S2/c1-2-14(7-9-4-3-5-15-9)8-10-6-13-11(12)16-10/h3-6H,2,7-8H2,1H3,(H2,12,13). The van der Waals surface area contributed by atoms with E-state index in [4.69, 9.17) is 5.73 Å². The Morgan fingerprint density at radius 2 is 2.19 bits per heavy atom. The SMILES string of the molecule is CCN(Cc1cccs1)Cc1cnc(N)s1. The first kappa shape index (κ1) is 11.6. The third-order valence-electron chi connectivity index (χ3n) is 2.36. The maximum atomic E-state index is 5.62. The summed E-state index contributed by atoms with van der Waals surface area (Å²) in [5.74, 6) is 0. The highest BCUT2D eigenvalue weighted by Crippen LogP contribution is 2.19. The molecule has 2 aromatic rings. The molecular formula is C11H15N3S2. The van der Waals surface area contributed by atoms with Gasteiger partial charge in [-0.1, -0.05) is 13.0 Å². The number of hydrogen-bond donors (Lipinski definition) is 1. The molecule has 16 heavy (non-hydrogen) atoms. The van der Waals surface area contributed by atoms with E-state index in [2.05, 4.69) is 34.3 Å². The van der Waals surface area contributed by atoms with Crippen LogP contribution in [0.1, 0.15) is 16.7 Å². The predicted octanol–water partition coefficient (Wildman–Crippen LogP) is 2.81. The van der Waals surface area contributed by atoms with Gasteiger partial charge < -0.3 is 5.73 Å². The largest absolute Gasteiger partial charge is 0.375 e. The quantitative estimate of drug-likeness (QED) is 0.891. The summed E-state index contributed by atoms with van der Waals surface area (Å²) >= 11 is 3.38. The van der Waals surface area contributed by atoms with Gasteiger partial charge in [-0.05, 0) is 18.0 Å². The first-order valence-corrected chi connectivity index (χ1v) is 6.92. The van der Waals surface area contributed by atoms with Gasteiger partial charge in [-0.2, -0.15) is 0 Å². The van der Waals surface area contributed by atoms with Crippen molar-refractivity contribution in [2.45, 2.75) is 20.0 Å². The topological polar surface area (TPSA) is 42.2 Å². The van der Waals surface area contributed by atoms with E-state index >= 15 is 0 Å². The van der Waals surface area contributed by atoms with E-state index in [1.807, 2.05) is 6.20 Å². The molecule has 0 amide bonds. The van der Waals surface area contributed by atoms with Crippen LogP contribution in [0.25, 0.3) is 0 Å². The van der Waals surface area contributed by atoms with E-state index in [-0.39, 0.29) is 0 Å². The summed E-state index contributed by atoms with van der Waals surface area (Å²) in [6.07, 6.45) is 1.87. The number of thiophene rings is 1. The van der Waals surface area contributed by atoms with E-state index in [1.165, 1.54) is 9.75 Å². The first-order valence-electron chi connectivity index (χ1n) is 5.23. The van der Waals surface area contributed by atoms with Gasteiger partial charge in [0.05, 0.1) is 0 Å². The Labute approximate surface area is 104 Å². The van der Waals surface area contributed by atoms with Crippen molar-refractivity contribution in [1.29, 1.82) is 0 Å². The maximum Gasteiger partial charge on any atom is 0.180 e. The molecule has 2 heterocycles. The van der Waals surface area contributed by atoms with Crippen LogP contribution in [0.4, 0.5) is 5.13 Å². The average Bonchev–Trinajstić information content (AvgIpc) is 2.89. The Morgan fingerprint density at radius 1 is 1.38 bits per heavy atom. The molecule has 0 spiro atoms. The van der Waals surface area contributed by atoms with Gasteiger partial charge in [-0.15, -0.1) is 22.7 Å². The molecule has 3 nitrogen and oxygen atoms in total. The van der Waals surface area contributed by atoms with Crippen molar-refractivity contribution < 1.29 is 0 Å². The fourth-order valence-electron chi connectivity index (χ4n) is 1.52. The molecule has 0 radical (unpaired) electrons. The maximum absolute atomic E-state index is 5.62. The van der Waals surface area contributed by atoms with Crippen molar-refractivity contribution in [2.24, 2.45) is 0 Å². The van der Waals surface area contributed by atoms with Crippen LogP contribution in [0.3, 0.4) is 0 Å². The number of hydrogen-bond acceptors (Lipinski definition) is 5. The number of anilines is 1. The van der Waals surface area contributed by atoms with E-state index in [0.29, 0.717) is 5.13 Å². The van der Waals surface area contributed by atoms with Crippen molar-refractivity contribution in [3.05, 3.63) is 33.5 Å². The smallest absolute Gasteiger partial charge is 0.180 e. The molecule has 0 aliphatic rings. The van der Waals surface area contributed by atoms with Gasteiger partial charge in [0.1, 0.15) is 0 Å². The lowest BCUT2D eigenvalue weighted by molar-refractivity contribution is 0.276. The molecule has 0 saturated heterocycles. The van der Waals surface area contributed by atoms with Gasteiger partial charge in [0.2, 0.25) is 0 Å². The lowest BCUT2D eigenvalue weighted by Gasteiger charge is -2.18. The summed E-state index contributed by atoms with van der Waals surface area (Å²) in [7, 11) is 0. The number of aromatic nitrogens is 1. The van der Waals surface area contributed by atoms with Crippen LogP contribution in [0.15, 0.2) is 23.7 Å². The third-order valence-corrected chi connectivity index (χ3v) is 4.03. The molecule has 0 unspecified atom stereocenters. The van der Waals surface area contributed by atoms with Crippen LogP contribution < -0.4 is 5.73 Å². The Kier molecular flexibility index (Phi) is 3.93. The summed E-state index contributed by atoms with van der Waals surface area (Å²) in [4.78, 5) is 9.10. The molecule has 0 aromatic carbocycles. The van der Waals surface area contributed by atoms with E-state index in [9.17, 15) is 0 Å².